The van der Waals surface area contributed by atoms with Crippen molar-refractivity contribution in [1.29, 1.82) is 0 Å². The molecule has 0 aliphatic carbocycles. The number of carbonyl (C=O) groups is 1. The summed E-state index contributed by atoms with van der Waals surface area (Å²) in [6.07, 6.45) is 2.62. The van der Waals surface area contributed by atoms with Crippen LogP contribution in [0, 0.1) is 5.92 Å². The molecule has 0 spiro atoms. The highest BCUT2D eigenvalue weighted by molar-refractivity contribution is 9.10. The first-order valence-corrected chi connectivity index (χ1v) is 7.85. The molecule has 1 fully saturated rings. The number of rotatable bonds is 6. The maximum Gasteiger partial charge on any atom is 0.224 e. The molecule has 2 rings (SSSR count). The summed E-state index contributed by atoms with van der Waals surface area (Å²) in [6, 6.07) is 3.55. The van der Waals surface area contributed by atoms with Crippen molar-refractivity contribution in [2.24, 2.45) is 5.92 Å². The molecule has 2 N–H and O–H groups in total. The number of ether oxygens (including phenoxy) is 2. The number of hydrogen-bond donors (Lipinski definition) is 2. The summed E-state index contributed by atoms with van der Waals surface area (Å²) >= 11 is 3.44. The standard InChI is InChI=1S/C15H21BrN2O3.ClH/c1-20-13-7-11(16)12(8-14(13)21-2)18-15(19)4-3-10-5-6-17-9-10;/h7-8,10,17H,3-6,9H2,1-2H3,(H,18,19);1H. The molecule has 1 aromatic carbocycles. The minimum absolute atomic E-state index is 0. The van der Waals surface area contributed by atoms with Gasteiger partial charge in [0.05, 0.1) is 19.9 Å². The maximum atomic E-state index is 12.1. The minimum Gasteiger partial charge on any atom is -0.493 e. The third-order valence-corrected chi connectivity index (χ3v) is 4.35. The van der Waals surface area contributed by atoms with Gasteiger partial charge in [0, 0.05) is 23.0 Å². The van der Waals surface area contributed by atoms with Gasteiger partial charge in [-0.2, -0.15) is 0 Å². The lowest BCUT2D eigenvalue weighted by molar-refractivity contribution is -0.116. The summed E-state index contributed by atoms with van der Waals surface area (Å²) < 4.78 is 11.2. The van der Waals surface area contributed by atoms with Crippen LogP contribution in [0.1, 0.15) is 19.3 Å². The molecule has 5 nitrogen and oxygen atoms in total. The zero-order chi connectivity index (χ0) is 15.2. The van der Waals surface area contributed by atoms with E-state index >= 15 is 0 Å². The maximum absolute atomic E-state index is 12.1. The van der Waals surface area contributed by atoms with Crippen molar-refractivity contribution in [2.45, 2.75) is 19.3 Å². The Bertz CT molecular complexity index is 508. The second-order valence-electron chi connectivity index (χ2n) is 5.13. The predicted molar refractivity (Wildman–Crippen MR) is 93.3 cm³/mol. The van der Waals surface area contributed by atoms with Gasteiger partial charge in [0.1, 0.15) is 0 Å². The molecule has 1 amide bonds. The molecule has 0 radical (unpaired) electrons. The summed E-state index contributed by atoms with van der Waals surface area (Å²) in [5.74, 6) is 1.86. The molecule has 1 unspecified atom stereocenters. The number of hydrogen-bond acceptors (Lipinski definition) is 4. The van der Waals surface area contributed by atoms with Crippen molar-refractivity contribution >= 4 is 39.9 Å². The lowest BCUT2D eigenvalue weighted by Crippen LogP contribution is -2.15. The number of halogens is 2. The van der Waals surface area contributed by atoms with E-state index in [1.165, 1.54) is 0 Å². The first-order chi connectivity index (χ1) is 10.1. The number of carbonyl (C=O) groups excluding carboxylic acids is 1. The monoisotopic (exact) mass is 392 g/mol. The van der Waals surface area contributed by atoms with Gasteiger partial charge < -0.3 is 20.1 Å². The Morgan fingerprint density at radius 2 is 2.05 bits per heavy atom. The first kappa shape index (κ1) is 19.1. The Morgan fingerprint density at radius 1 is 1.36 bits per heavy atom. The van der Waals surface area contributed by atoms with Gasteiger partial charge in [-0.25, -0.2) is 0 Å². The number of benzene rings is 1. The highest BCUT2D eigenvalue weighted by atomic mass is 79.9. The summed E-state index contributed by atoms with van der Waals surface area (Å²) in [4.78, 5) is 12.1. The number of anilines is 1. The van der Waals surface area contributed by atoms with E-state index in [4.69, 9.17) is 9.47 Å². The quantitative estimate of drug-likeness (QED) is 0.779. The Balaban J connectivity index is 0.00000242. The van der Waals surface area contributed by atoms with Crippen LogP contribution in [-0.2, 0) is 4.79 Å². The SMILES string of the molecule is COc1cc(Br)c(NC(=O)CCC2CCNC2)cc1OC.Cl. The number of nitrogens with one attached hydrogen (secondary N) is 2. The van der Waals surface area contributed by atoms with Crippen LogP contribution in [0.4, 0.5) is 5.69 Å². The van der Waals surface area contributed by atoms with Crippen LogP contribution in [0.5, 0.6) is 11.5 Å². The topological polar surface area (TPSA) is 59.6 Å². The van der Waals surface area contributed by atoms with Gasteiger partial charge in [0.15, 0.2) is 11.5 Å². The molecule has 1 aliphatic rings. The molecule has 1 heterocycles. The summed E-state index contributed by atoms with van der Waals surface area (Å²) in [5, 5.41) is 6.23. The van der Waals surface area contributed by atoms with E-state index < -0.39 is 0 Å². The van der Waals surface area contributed by atoms with E-state index in [0.29, 0.717) is 29.5 Å². The van der Waals surface area contributed by atoms with Crippen LogP contribution in [0.25, 0.3) is 0 Å². The number of methoxy groups -OCH3 is 2. The van der Waals surface area contributed by atoms with Crippen molar-refractivity contribution < 1.29 is 14.3 Å². The first-order valence-electron chi connectivity index (χ1n) is 7.06. The van der Waals surface area contributed by atoms with Gasteiger partial charge in [-0.3, -0.25) is 4.79 Å². The fourth-order valence-corrected chi connectivity index (χ4v) is 2.88. The van der Waals surface area contributed by atoms with Gasteiger partial charge >= 0.3 is 0 Å². The Kier molecular flexibility index (Phi) is 8.00. The van der Waals surface area contributed by atoms with E-state index in [9.17, 15) is 4.79 Å². The lowest BCUT2D eigenvalue weighted by Gasteiger charge is -2.13. The zero-order valence-electron chi connectivity index (χ0n) is 12.8. The third kappa shape index (κ3) is 5.04. The predicted octanol–water partition coefficient (Wildman–Crippen LogP) is 3.22. The van der Waals surface area contributed by atoms with E-state index in [0.717, 1.165) is 30.4 Å². The average Bonchev–Trinajstić information content (AvgIpc) is 3.00. The molecule has 1 aliphatic heterocycles. The van der Waals surface area contributed by atoms with Gasteiger partial charge in [-0.15, -0.1) is 12.4 Å². The van der Waals surface area contributed by atoms with Crippen LogP contribution in [0.15, 0.2) is 16.6 Å². The van der Waals surface area contributed by atoms with E-state index in [-0.39, 0.29) is 18.3 Å². The zero-order valence-corrected chi connectivity index (χ0v) is 15.2. The van der Waals surface area contributed by atoms with Crippen LogP contribution in [-0.4, -0.2) is 33.2 Å². The smallest absolute Gasteiger partial charge is 0.224 e. The molecular weight excluding hydrogens is 372 g/mol. The van der Waals surface area contributed by atoms with Gasteiger partial charge in [-0.1, -0.05) is 0 Å². The molecule has 124 valence electrons. The van der Waals surface area contributed by atoms with Crippen LogP contribution < -0.4 is 20.1 Å². The Morgan fingerprint density at radius 3 is 2.64 bits per heavy atom. The fourth-order valence-electron chi connectivity index (χ4n) is 2.46. The summed E-state index contributed by atoms with van der Waals surface area (Å²) in [6.45, 7) is 2.08. The minimum atomic E-state index is 0. The molecule has 0 aromatic heterocycles. The summed E-state index contributed by atoms with van der Waals surface area (Å²) in [7, 11) is 3.16. The molecule has 0 saturated carbocycles. The molecule has 7 heteroatoms. The van der Waals surface area contributed by atoms with Gasteiger partial charge in [-0.05, 0) is 47.8 Å². The van der Waals surface area contributed by atoms with Crippen molar-refractivity contribution in [1.82, 2.24) is 5.32 Å². The van der Waals surface area contributed by atoms with Crippen LogP contribution in [0.2, 0.25) is 0 Å². The normalized spacial score (nSPS) is 16.8. The Labute approximate surface area is 145 Å². The Hall–Kier alpha value is -0.980. The fraction of sp³-hybridized carbons (Fsp3) is 0.533. The summed E-state index contributed by atoms with van der Waals surface area (Å²) in [5.41, 5.74) is 0.696. The number of amides is 1. The second-order valence-corrected chi connectivity index (χ2v) is 5.99. The van der Waals surface area contributed by atoms with E-state index in [1.807, 2.05) is 0 Å². The van der Waals surface area contributed by atoms with Crippen molar-refractivity contribution in [3.05, 3.63) is 16.6 Å². The molecule has 0 bridgehead atoms. The van der Waals surface area contributed by atoms with E-state index in [2.05, 4.69) is 26.6 Å². The molecule has 1 atom stereocenters. The molecular formula is C15H22BrClN2O3. The van der Waals surface area contributed by atoms with Crippen LogP contribution in [0.3, 0.4) is 0 Å². The largest absolute Gasteiger partial charge is 0.493 e. The average molecular weight is 394 g/mol. The van der Waals surface area contributed by atoms with Gasteiger partial charge in [0.2, 0.25) is 5.91 Å². The molecule has 22 heavy (non-hydrogen) atoms. The second kappa shape index (κ2) is 9.22. The highest BCUT2D eigenvalue weighted by Crippen LogP contribution is 2.36. The van der Waals surface area contributed by atoms with Crippen molar-refractivity contribution in [3.8, 4) is 11.5 Å². The highest BCUT2D eigenvalue weighted by Gasteiger charge is 2.17. The van der Waals surface area contributed by atoms with Crippen molar-refractivity contribution in [3.63, 3.8) is 0 Å². The van der Waals surface area contributed by atoms with Crippen LogP contribution >= 0.6 is 28.3 Å². The van der Waals surface area contributed by atoms with Gasteiger partial charge in [0.25, 0.3) is 0 Å². The molecule has 1 aromatic rings. The lowest BCUT2D eigenvalue weighted by atomic mass is 10.0. The van der Waals surface area contributed by atoms with E-state index in [1.54, 1.807) is 26.4 Å². The van der Waals surface area contributed by atoms with Crippen molar-refractivity contribution in [2.75, 3.05) is 32.6 Å². The third-order valence-electron chi connectivity index (χ3n) is 3.69. The molecule has 1 saturated heterocycles.